The highest BCUT2D eigenvalue weighted by atomic mass is 16.1. The van der Waals surface area contributed by atoms with E-state index in [4.69, 9.17) is 0 Å². The molecular weight excluding hydrogens is 348 g/mol. The van der Waals surface area contributed by atoms with Gasteiger partial charge >= 0.3 is 0 Å². The molecule has 1 aliphatic heterocycles. The van der Waals surface area contributed by atoms with Crippen molar-refractivity contribution in [3.63, 3.8) is 0 Å². The van der Waals surface area contributed by atoms with E-state index in [9.17, 15) is 4.79 Å². The zero-order valence-electron chi connectivity index (χ0n) is 16.2. The van der Waals surface area contributed by atoms with Crippen LogP contribution in [0.5, 0.6) is 0 Å². The van der Waals surface area contributed by atoms with Crippen molar-refractivity contribution in [2.45, 2.75) is 26.3 Å². The number of piperidine rings is 1. The standard InChI is InChI=1S/C23H26N4O/c1-17-5-2-6-18(13-17)19-7-3-9-21(14-19)25-23(28)20-8-4-12-27(15-20)16-22-10-11-24-26-22/h2-3,5-7,9-11,13-14,20H,4,8,12,15-16H2,1H3,(H,24,26)(H,25,28)/t20-/m1/s1. The first kappa shape index (κ1) is 18.4. The highest BCUT2D eigenvalue weighted by Crippen LogP contribution is 2.25. The molecule has 0 saturated carbocycles. The van der Waals surface area contributed by atoms with Gasteiger partial charge in [0.1, 0.15) is 0 Å². The van der Waals surface area contributed by atoms with Crippen molar-refractivity contribution in [1.29, 1.82) is 0 Å². The monoisotopic (exact) mass is 374 g/mol. The number of aromatic nitrogens is 2. The Bertz CT molecular complexity index is 935. The van der Waals surface area contributed by atoms with Gasteiger partial charge in [0.2, 0.25) is 5.91 Å². The van der Waals surface area contributed by atoms with E-state index in [2.05, 4.69) is 63.7 Å². The molecule has 28 heavy (non-hydrogen) atoms. The Balaban J connectivity index is 1.41. The molecule has 0 aliphatic carbocycles. The molecule has 3 aromatic rings. The Labute approximate surface area is 165 Å². The second kappa shape index (κ2) is 8.40. The summed E-state index contributed by atoms with van der Waals surface area (Å²) in [5.41, 5.74) is 5.46. The molecule has 144 valence electrons. The Morgan fingerprint density at radius 2 is 2.00 bits per heavy atom. The molecule has 5 heteroatoms. The van der Waals surface area contributed by atoms with Crippen LogP contribution in [-0.2, 0) is 11.3 Å². The van der Waals surface area contributed by atoms with Gasteiger partial charge in [0.15, 0.2) is 0 Å². The molecule has 0 spiro atoms. The van der Waals surface area contributed by atoms with Crippen LogP contribution in [0.4, 0.5) is 5.69 Å². The number of benzene rings is 2. The quantitative estimate of drug-likeness (QED) is 0.702. The average Bonchev–Trinajstić information content (AvgIpc) is 3.21. The third-order valence-electron chi connectivity index (χ3n) is 5.31. The Kier molecular flexibility index (Phi) is 5.53. The zero-order valence-corrected chi connectivity index (χ0v) is 16.2. The number of nitrogens with zero attached hydrogens (tertiary/aromatic N) is 2. The van der Waals surface area contributed by atoms with Gasteiger partial charge in [0.05, 0.1) is 5.92 Å². The summed E-state index contributed by atoms with van der Waals surface area (Å²) in [6.07, 6.45) is 3.74. The van der Waals surface area contributed by atoms with Crippen molar-refractivity contribution >= 4 is 11.6 Å². The molecule has 1 aromatic heterocycles. The predicted molar refractivity (Wildman–Crippen MR) is 112 cm³/mol. The fourth-order valence-electron chi connectivity index (χ4n) is 3.87. The van der Waals surface area contributed by atoms with Crippen LogP contribution >= 0.6 is 0 Å². The van der Waals surface area contributed by atoms with Crippen molar-refractivity contribution in [1.82, 2.24) is 15.1 Å². The van der Waals surface area contributed by atoms with Crippen molar-refractivity contribution in [3.8, 4) is 11.1 Å². The maximum absolute atomic E-state index is 12.9. The van der Waals surface area contributed by atoms with E-state index in [1.54, 1.807) is 6.20 Å². The minimum atomic E-state index is 0.0132. The van der Waals surface area contributed by atoms with E-state index in [-0.39, 0.29) is 11.8 Å². The van der Waals surface area contributed by atoms with Crippen molar-refractivity contribution < 1.29 is 4.79 Å². The van der Waals surface area contributed by atoms with Gasteiger partial charge in [-0.25, -0.2) is 0 Å². The lowest BCUT2D eigenvalue weighted by Gasteiger charge is -2.31. The highest BCUT2D eigenvalue weighted by molar-refractivity contribution is 5.93. The fraction of sp³-hybridized carbons (Fsp3) is 0.304. The minimum Gasteiger partial charge on any atom is -0.326 e. The molecule has 1 fully saturated rings. The van der Waals surface area contributed by atoms with E-state index in [0.717, 1.165) is 49.4 Å². The van der Waals surface area contributed by atoms with E-state index in [0.29, 0.717) is 0 Å². The number of amides is 1. The molecule has 1 saturated heterocycles. The Hall–Kier alpha value is -2.92. The number of anilines is 1. The van der Waals surface area contributed by atoms with E-state index < -0.39 is 0 Å². The minimum absolute atomic E-state index is 0.0132. The van der Waals surface area contributed by atoms with Crippen LogP contribution in [0.25, 0.3) is 11.1 Å². The molecule has 4 rings (SSSR count). The lowest BCUT2D eigenvalue weighted by Crippen LogP contribution is -2.40. The molecule has 0 bridgehead atoms. The number of H-pyrrole nitrogens is 1. The number of hydrogen-bond donors (Lipinski definition) is 2. The molecule has 0 radical (unpaired) electrons. The summed E-state index contributed by atoms with van der Waals surface area (Å²) in [4.78, 5) is 15.2. The number of hydrogen-bond acceptors (Lipinski definition) is 3. The number of rotatable bonds is 5. The summed E-state index contributed by atoms with van der Waals surface area (Å²) in [6.45, 7) is 4.70. The Morgan fingerprint density at radius 3 is 2.79 bits per heavy atom. The number of aryl methyl sites for hydroxylation is 1. The smallest absolute Gasteiger partial charge is 0.228 e. The molecule has 1 aliphatic rings. The van der Waals surface area contributed by atoms with Gasteiger partial charge in [0.25, 0.3) is 0 Å². The van der Waals surface area contributed by atoms with Crippen molar-refractivity contribution in [2.24, 2.45) is 5.92 Å². The molecular formula is C23H26N4O. The molecule has 5 nitrogen and oxygen atoms in total. The number of likely N-dealkylation sites (tertiary alicyclic amines) is 1. The van der Waals surface area contributed by atoms with Crippen LogP contribution in [0.2, 0.25) is 0 Å². The second-order valence-corrected chi connectivity index (χ2v) is 7.60. The fourth-order valence-corrected chi connectivity index (χ4v) is 3.87. The third-order valence-corrected chi connectivity index (χ3v) is 5.31. The van der Waals surface area contributed by atoms with Crippen LogP contribution in [-0.4, -0.2) is 34.1 Å². The highest BCUT2D eigenvalue weighted by Gasteiger charge is 2.26. The van der Waals surface area contributed by atoms with Crippen LogP contribution in [0, 0.1) is 12.8 Å². The summed E-state index contributed by atoms with van der Waals surface area (Å²) in [5.74, 6) is 0.120. The SMILES string of the molecule is Cc1cccc(-c2cccc(NC(=O)[C@@H]3CCCN(Cc4ccn[nH]4)C3)c2)c1. The van der Waals surface area contributed by atoms with Crippen molar-refractivity contribution in [2.75, 3.05) is 18.4 Å². The van der Waals surface area contributed by atoms with E-state index in [1.165, 1.54) is 11.1 Å². The van der Waals surface area contributed by atoms with Crippen LogP contribution in [0.1, 0.15) is 24.1 Å². The Morgan fingerprint density at radius 1 is 1.18 bits per heavy atom. The topological polar surface area (TPSA) is 61.0 Å². The van der Waals surface area contributed by atoms with E-state index >= 15 is 0 Å². The summed E-state index contributed by atoms with van der Waals surface area (Å²) in [6, 6.07) is 18.5. The summed E-state index contributed by atoms with van der Waals surface area (Å²) in [5, 5.41) is 10.1. The summed E-state index contributed by atoms with van der Waals surface area (Å²) >= 11 is 0. The maximum atomic E-state index is 12.9. The van der Waals surface area contributed by atoms with Crippen LogP contribution in [0.15, 0.2) is 60.8 Å². The summed E-state index contributed by atoms with van der Waals surface area (Å²) in [7, 11) is 0. The van der Waals surface area contributed by atoms with Gasteiger partial charge in [-0.15, -0.1) is 0 Å². The van der Waals surface area contributed by atoms with Crippen LogP contribution < -0.4 is 5.32 Å². The maximum Gasteiger partial charge on any atom is 0.228 e. The van der Waals surface area contributed by atoms with Gasteiger partial charge in [-0.2, -0.15) is 5.10 Å². The third kappa shape index (κ3) is 4.49. The molecule has 2 N–H and O–H groups in total. The first-order valence-electron chi connectivity index (χ1n) is 9.86. The normalized spacial score (nSPS) is 17.4. The summed E-state index contributed by atoms with van der Waals surface area (Å²) < 4.78 is 0. The number of carbonyl (C=O) groups excluding carboxylic acids is 1. The molecule has 1 atom stereocenters. The van der Waals surface area contributed by atoms with Gasteiger partial charge in [-0.3, -0.25) is 14.8 Å². The lowest BCUT2D eigenvalue weighted by molar-refractivity contribution is -0.121. The number of aromatic amines is 1. The largest absolute Gasteiger partial charge is 0.326 e. The average molecular weight is 374 g/mol. The van der Waals surface area contributed by atoms with Crippen molar-refractivity contribution in [3.05, 3.63) is 72.1 Å². The van der Waals surface area contributed by atoms with Gasteiger partial charge in [-0.1, -0.05) is 42.0 Å². The first-order chi connectivity index (χ1) is 13.7. The molecule has 2 heterocycles. The lowest BCUT2D eigenvalue weighted by atomic mass is 9.96. The molecule has 0 unspecified atom stereocenters. The van der Waals surface area contributed by atoms with Crippen LogP contribution in [0.3, 0.4) is 0 Å². The van der Waals surface area contributed by atoms with Gasteiger partial charge < -0.3 is 5.32 Å². The van der Waals surface area contributed by atoms with Gasteiger partial charge in [0, 0.05) is 30.7 Å². The second-order valence-electron chi connectivity index (χ2n) is 7.60. The van der Waals surface area contributed by atoms with E-state index in [1.807, 2.05) is 18.2 Å². The zero-order chi connectivity index (χ0) is 19.3. The molecule has 2 aromatic carbocycles. The first-order valence-corrected chi connectivity index (χ1v) is 9.86. The van der Waals surface area contributed by atoms with Gasteiger partial charge in [-0.05, 0) is 55.6 Å². The predicted octanol–water partition coefficient (Wildman–Crippen LogP) is 4.24. The number of carbonyl (C=O) groups is 1. The molecule has 1 amide bonds. The number of nitrogens with one attached hydrogen (secondary N) is 2.